The van der Waals surface area contributed by atoms with E-state index in [4.69, 9.17) is 12.2 Å². The molecule has 1 aromatic carbocycles. The lowest BCUT2D eigenvalue weighted by Gasteiger charge is -2.15. The van der Waals surface area contributed by atoms with Crippen molar-refractivity contribution < 1.29 is 0 Å². The molecule has 0 aliphatic heterocycles. The molecule has 0 spiro atoms. The molecule has 1 atom stereocenters. The van der Waals surface area contributed by atoms with Gasteiger partial charge in [0.25, 0.3) is 0 Å². The van der Waals surface area contributed by atoms with Gasteiger partial charge in [-0.1, -0.05) is 42.5 Å². The minimum Gasteiger partial charge on any atom is -0.373 e. The van der Waals surface area contributed by atoms with Crippen LogP contribution in [0.4, 0.5) is 0 Å². The summed E-state index contributed by atoms with van der Waals surface area (Å²) in [5, 5.41) is 3.34. The number of hydrogen-bond donors (Lipinski definition) is 1. The molecule has 0 saturated heterocycles. The predicted octanol–water partition coefficient (Wildman–Crippen LogP) is 2.98. The number of nitrogens with one attached hydrogen (secondary N) is 1. The molecule has 2 rings (SSSR count). The average molecular weight is 256 g/mol. The first-order chi connectivity index (χ1) is 8.75. The Hall–Kier alpha value is -1.74. The second kappa shape index (κ2) is 6.26. The van der Waals surface area contributed by atoms with Gasteiger partial charge in [-0.3, -0.25) is 4.98 Å². The van der Waals surface area contributed by atoms with Crippen LogP contribution in [-0.2, 0) is 6.42 Å². The molecule has 92 valence electrons. The molecule has 18 heavy (non-hydrogen) atoms. The van der Waals surface area contributed by atoms with E-state index in [9.17, 15) is 0 Å². The van der Waals surface area contributed by atoms with Gasteiger partial charge in [-0.15, -0.1) is 0 Å². The Bertz CT molecular complexity index is 496. The monoisotopic (exact) mass is 256 g/mol. The summed E-state index contributed by atoms with van der Waals surface area (Å²) in [4.78, 5) is 4.83. The number of hydrogen-bond acceptors (Lipinski definition) is 2. The third-order valence-electron chi connectivity index (χ3n) is 2.69. The van der Waals surface area contributed by atoms with E-state index in [0.29, 0.717) is 6.04 Å². The van der Waals surface area contributed by atoms with Crippen molar-refractivity contribution in [2.24, 2.45) is 0 Å². The van der Waals surface area contributed by atoms with E-state index in [2.05, 4.69) is 41.5 Å². The summed E-state index contributed by atoms with van der Waals surface area (Å²) in [6.07, 6.45) is 4.49. The Morgan fingerprint density at radius 3 is 2.67 bits per heavy atom. The zero-order valence-corrected chi connectivity index (χ0v) is 11.2. The maximum absolute atomic E-state index is 5.36. The lowest BCUT2D eigenvalue weighted by atomic mass is 10.1. The Labute approximate surface area is 113 Å². The zero-order chi connectivity index (χ0) is 12.8. The fourth-order valence-electron chi connectivity index (χ4n) is 1.82. The summed E-state index contributed by atoms with van der Waals surface area (Å²) in [5.74, 6) is 0. The number of benzene rings is 1. The second-order valence-corrected chi connectivity index (χ2v) is 4.71. The Morgan fingerprint density at radius 2 is 2.00 bits per heavy atom. The minimum absolute atomic E-state index is 0.306. The van der Waals surface area contributed by atoms with Gasteiger partial charge in [0.05, 0.1) is 0 Å². The van der Waals surface area contributed by atoms with Crippen molar-refractivity contribution in [3.8, 4) is 0 Å². The van der Waals surface area contributed by atoms with Crippen molar-refractivity contribution in [3.63, 3.8) is 0 Å². The third kappa shape index (κ3) is 3.64. The van der Waals surface area contributed by atoms with E-state index in [1.165, 1.54) is 5.56 Å². The van der Waals surface area contributed by atoms with Crippen LogP contribution in [0.5, 0.6) is 0 Å². The Morgan fingerprint density at radius 1 is 1.22 bits per heavy atom. The topological polar surface area (TPSA) is 24.9 Å². The predicted molar refractivity (Wildman–Crippen MR) is 78.7 cm³/mol. The molecule has 2 aromatic rings. The highest BCUT2D eigenvalue weighted by Gasteiger charge is 2.06. The molecule has 0 bridgehead atoms. The van der Waals surface area contributed by atoms with Crippen LogP contribution in [0.3, 0.4) is 0 Å². The minimum atomic E-state index is 0.306. The van der Waals surface area contributed by atoms with Crippen molar-refractivity contribution in [1.29, 1.82) is 0 Å². The van der Waals surface area contributed by atoms with Crippen LogP contribution in [0.2, 0.25) is 0 Å². The smallest absolute Gasteiger partial charge is 0.108 e. The van der Waals surface area contributed by atoms with E-state index < -0.39 is 0 Å². The molecular weight excluding hydrogens is 240 g/mol. The van der Waals surface area contributed by atoms with E-state index >= 15 is 0 Å². The largest absolute Gasteiger partial charge is 0.373 e. The van der Waals surface area contributed by atoms with Crippen LogP contribution >= 0.6 is 12.2 Å². The Kier molecular flexibility index (Phi) is 4.42. The van der Waals surface area contributed by atoms with E-state index in [1.807, 2.05) is 18.2 Å². The first kappa shape index (κ1) is 12.7. The fraction of sp³-hybridized carbons (Fsp3) is 0.200. The average Bonchev–Trinajstić information content (AvgIpc) is 2.40. The summed E-state index contributed by atoms with van der Waals surface area (Å²) in [6.45, 7) is 2.13. The lowest BCUT2D eigenvalue weighted by molar-refractivity contribution is 0.665. The highest BCUT2D eigenvalue weighted by molar-refractivity contribution is 7.80. The molecule has 0 radical (unpaired) electrons. The summed E-state index contributed by atoms with van der Waals surface area (Å²) in [5.41, 5.74) is 2.28. The van der Waals surface area contributed by atoms with Crippen molar-refractivity contribution in [1.82, 2.24) is 10.3 Å². The molecular formula is C15H16N2S. The van der Waals surface area contributed by atoms with Crippen LogP contribution in [0.25, 0.3) is 0 Å². The first-order valence-electron chi connectivity index (χ1n) is 6.00. The number of thiocarbonyl (C=S) groups is 1. The SMILES string of the molecule is CC(Cc1ccccc1)NC(=S)c1cccnc1. The van der Waals surface area contributed by atoms with Gasteiger partial charge in [-0.25, -0.2) is 0 Å². The number of rotatable bonds is 4. The maximum atomic E-state index is 5.36. The molecule has 1 aromatic heterocycles. The van der Waals surface area contributed by atoms with E-state index in [-0.39, 0.29) is 0 Å². The quantitative estimate of drug-likeness (QED) is 0.851. The summed E-state index contributed by atoms with van der Waals surface area (Å²) < 4.78 is 0. The molecule has 0 amide bonds. The summed E-state index contributed by atoms with van der Waals surface area (Å²) in [7, 11) is 0. The van der Waals surface area contributed by atoms with Gasteiger partial charge in [0, 0.05) is 24.0 Å². The molecule has 0 aliphatic carbocycles. The van der Waals surface area contributed by atoms with Crippen LogP contribution in [-0.4, -0.2) is 16.0 Å². The van der Waals surface area contributed by atoms with Crippen molar-refractivity contribution in [3.05, 3.63) is 66.0 Å². The molecule has 2 nitrogen and oxygen atoms in total. The summed E-state index contributed by atoms with van der Waals surface area (Å²) in [6, 6.07) is 14.6. The molecule has 0 fully saturated rings. The van der Waals surface area contributed by atoms with E-state index in [0.717, 1.165) is 17.0 Å². The summed E-state index contributed by atoms with van der Waals surface area (Å²) >= 11 is 5.36. The third-order valence-corrected chi connectivity index (χ3v) is 3.04. The van der Waals surface area contributed by atoms with Crippen LogP contribution in [0.1, 0.15) is 18.1 Å². The highest BCUT2D eigenvalue weighted by atomic mass is 32.1. The van der Waals surface area contributed by atoms with Gasteiger partial charge in [0.15, 0.2) is 0 Å². The first-order valence-corrected chi connectivity index (χ1v) is 6.41. The molecule has 0 saturated carbocycles. The molecule has 1 N–H and O–H groups in total. The number of nitrogens with zero attached hydrogens (tertiary/aromatic N) is 1. The fourth-order valence-corrected chi connectivity index (χ4v) is 2.14. The van der Waals surface area contributed by atoms with Gasteiger partial charge in [0.2, 0.25) is 0 Å². The van der Waals surface area contributed by atoms with Gasteiger partial charge < -0.3 is 5.32 Å². The molecule has 1 unspecified atom stereocenters. The standard InChI is InChI=1S/C15H16N2S/c1-12(10-13-6-3-2-4-7-13)17-15(18)14-8-5-9-16-11-14/h2-9,11-12H,10H2,1H3,(H,17,18). The Balaban J connectivity index is 1.92. The number of aromatic nitrogens is 1. The number of pyridine rings is 1. The van der Waals surface area contributed by atoms with Gasteiger partial charge in [-0.2, -0.15) is 0 Å². The van der Waals surface area contributed by atoms with Crippen molar-refractivity contribution >= 4 is 17.2 Å². The van der Waals surface area contributed by atoms with Gasteiger partial charge >= 0.3 is 0 Å². The lowest BCUT2D eigenvalue weighted by Crippen LogP contribution is -2.33. The highest BCUT2D eigenvalue weighted by Crippen LogP contribution is 2.04. The van der Waals surface area contributed by atoms with Crippen LogP contribution in [0, 0.1) is 0 Å². The van der Waals surface area contributed by atoms with Gasteiger partial charge in [0.1, 0.15) is 4.99 Å². The normalized spacial score (nSPS) is 11.8. The van der Waals surface area contributed by atoms with Crippen LogP contribution < -0.4 is 5.32 Å². The molecule has 3 heteroatoms. The van der Waals surface area contributed by atoms with Crippen molar-refractivity contribution in [2.45, 2.75) is 19.4 Å². The van der Waals surface area contributed by atoms with Crippen LogP contribution in [0.15, 0.2) is 54.9 Å². The molecule has 1 heterocycles. The molecule has 0 aliphatic rings. The second-order valence-electron chi connectivity index (χ2n) is 4.31. The van der Waals surface area contributed by atoms with Gasteiger partial charge in [-0.05, 0) is 31.0 Å². The van der Waals surface area contributed by atoms with E-state index in [1.54, 1.807) is 12.4 Å². The van der Waals surface area contributed by atoms with Crippen molar-refractivity contribution in [2.75, 3.05) is 0 Å². The zero-order valence-electron chi connectivity index (χ0n) is 10.3. The maximum Gasteiger partial charge on any atom is 0.108 e.